The van der Waals surface area contributed by atoms with Gasteiger partial charge in [-0.1, -0.05) is 12.1 Å². The molecule has 0 spiro atoms. The van der Waals surface area contributed by atoms with Gasteiger partial charge in [-0.15, -0.1) is 0 Å². The quantitative estimate of drug-likeness (QED) is 0.739. The monoisotopic (exact) mass is 389 g/mol. The van der Waals surface area contributed by atoms with Crippen molar-refractivity contribution in [1.29, 1.82) is 0 Å². The largest absolute Gasteiger partial charge is 0.494 e. The molecule has 28 heavy (non-hydrogen) atoms. The van der Waals surface area contributed by atoms with Gasteiger partial charge in [0, 0.05) is 6.54 Å². The summed E-state index contributed by atoms with van der Waals surface area (Å²) in [6.45, 7) is 14.9. The van der Waals surface area contributed by atoms with Crippen LogP contribution in [0.1, 0.15) is 54.9 Å². The number of hydrogen-bond acceptors (Lipinski definition) is 5. The van der Waals surface area contributed by atoms with Gasteiger partial charge in [-0.25, -0.2) is 4.79 Å². The Labute approximate surface area is 168 Å². The predicted octanol–water partition coefficient (Wildman–Crippen LogP) is 3.37. The Morgan fingerprint density at radius 2 is 1.71 bits per heavy atom. The summed E-state index contributed by atoms with van der Waals surface area (Å²) in [6.07, 6.45) is 0.647. The van der Waals surface area contributed by atoms with E-state index in [0.717, 1.165) is 17.6 Å². The zero-order chi connectivity index (χ0) is 20.7. The maximum atomic E-state index is 12.2. The lowest BCUT2D eigenvalue weighted by Crippen LogP contribution is -2.55. The molecule has 0 unspecified atom stereocenters. The maximum Gasteiger partial charge on any atom is 0.494 e. The molecule has 2 aliphatic heterocycles. The minimum atomic E-state index is -0.485. The van der Waals surface area contributed by atoms with Gasteiger partial charge in [0.05, 0.1) is 17.2 Å². The van der Waals surface area contributed by atoms with Gasteiger partial charge in [-0.3, -0.25) is 0 Å². The SMILES string of the molecule is CC(C)(C)OC(=O)N1CC[C@H]1COc1ccc(B2OC(C)(C)C(C)(C)O2)cc1. The molecule has 2 aliphatic rings. The van der Waals surface area contributed by atoms with Crippen LogP contribution in [0.25, 0.3) is 0 Å². The van der Waals surface area contributed by atoms with Crippen LogP contribution in [0.2, 0.25) is 0 Å². The number of amides is 1. The molecule has 0 aliphatic carbocycles. The molecule has 7 heteroatoms. The molecule has 2 heterocycles. The van der Waals surface area contributed by atoms with Crippen LogP contribution in [0.15, 0.2) is 24.3 Å². The molecular formula is C21H32BNO5. The van der Waals surface area contributed by atoms with Gasteiger partial charge in [0.2, 0.25) is 0 Å². The van der Waals surface area contributed by atoms with E-state index in [1.54, 1.807) is 4.90 Å². The molecule has 1 aromatic rings. The fraction of sp³-hybridized carbons (Fsp3) is 0.667. The first-order valence-corrected chi connectivity index (χ1v) is 9.96. The summed E-state index contributed by atoms with van der Waals surface area (Å²) >= 11 is 0. The third-order valence-electron chi connectivity index (χ3n) is 5.62. The lowest BCUT2D eigenvalue weighted by atomic mass is 9.79. The average Bonchev–Trinajstić information content (AvgIpc) is 2.73. The average molecular weight is 389 g/mol. The molecular weight excluding hydrogens is 357 g/mol. The molecule has 1 amide bonds. The second kappa shape index (κ2) is 7.27. The van der Waals surface area contributed by atoms with Crippen LogP contribution in [0.5, 0.6) is 5.75 Å². The van der Waals surface area contributed by atoms with Gasteiger partial charge in [-0.05, 0) is 72.5 Å². The summed E-state index contributed by atoms with van der Waals surface area (Å²) in [5, 5.41) is 0. The molecule has 2 saturated heterocycles. The molecule has 0 radical (unpaired) electrons. The minimum Gasteiger partial charge on any atom is -0.491 e. The van der Waals surface area contributed by atoms with E-state index in [2.05, 4.69) is 0 Å². The first-order chi connectivity index (χ1) is 12.9. The maximum absolute atomic E-state index is 12.2. The summed E-state index contributed by atoms with van der Waals surface area (Å²) in [4.78, 5) is 13.9. The number of nitrogens with zero attached hydrogens (tertiary/aromatic N) is 1. The van der Waals surface area contributed by atoms with Crippen molar-refractivity contribution in [2.24, 2.45) is 0 Å². The van der Waals surface area contributed by atoms with Crippen LogP contribution in [0.3, 0.4) is 0 Å². The smallest absolute Gasteiger partial charge is 0.491 e. The van der Waals surface area contributed by atoms with Gasteiger partial charge in [0.1, 0.15) is 18.0 Å². The zero-order valence-corrected chi connectivity index (χ0v) is 18.1. The van der Waals surface area contributed by atoms with Gasteiger partial charge < -0.3 is 23.7 Å². The van der Waals surface area contributed by atoms with E-state index in [9.17, 15) is 4.79 Å². The molecule has 6 nitrogen and oxygen atoms in total. The van der Waals surface area contributed by atoms with Crippen molar-refractivity contribution in [3.63, 3.8) is 0 Å². The fourth-order valence-corrected chi connectivity index (χ4v) is 3.07. The number of carbonyl (C=O) groups excluding carboxylic acids is 1. The highest BCUT2D eigenvalue weighted by Crippen LogP contribution is 2.36. The van der Waals surface area contributed by atoms with Crippen LogP contribution in [-0.2, 0) is 14.0 Å². The van der Waals surface area contributed by atoms with Crippen molar-refractivity contribution in [2.45, 2.75) is 77.7 Å². The van der Waals surface area contributed by atoms with E-state index >= 15 is 0 Å². The predicted molar refractivity (Wildman–Crippen MR) is 109 cm³/mol. The molecule has 0 aromatic heterocycles. The second-order valence-corrected chi connectivity index (χ2v) is 9.58. The van der Waals surface area contributed by atoms with Crippen LogP contribution in [-0.4, -0.2) is 54.1 Å². The molecule has 0 saturated carbocycles. The van der Waals surface area contributed by atoms with E-state index in [1.807, 2.05) is 72.7 Å². The summed E-state index contributed by atoms with van der Waals surface area (Å²) in [5.74, 6) is 0.760. The molecule has 3 rings (SSSR count). The van der Waals surface area contributed by atoms with Crippen LogP contribution >= 0.6 is 0 Å². The van der Waals surface area contributed by atoms with Crippen molar-refractivity contribution in [3.05, 3.63) is 24.3 Å². The summed E-state index contributed by atoms with van der Waals surface area (Å²) in [5.41, 5.74) is -0.240. The lowest BCUT2D eigenvalue weighted by Gasteiger charge is -2.41. The molecule has 0 bridgehead atoms. The zero-order valence-electron chi connectivity index (χ0n) is 18.1. The van der Waals surface area contributed by atoms with E-state index in [0.29, 0.717) is 13.2 Å². The highest BCUT2D eigenvalue weighted by molar-refractivity contribution is 6.62. The standard InChI is InChI=1S/C21H32BNO5/c1-19(2,3)26-18(24)23-13-12-16(23)14-25-17-10-8-15(9-11-17)22-27-20(4,5)21(6,7)28-22/h8-11,16H,12-14H2,1-7H3/t16-/m0/s1. The Bertz CT molecular complexity index is 695. The van der Waals surface area contributed by atoms with Gasteiger partial charge in [0.15, 0.2) is 0 Å². The van der Waals surface area contributed by atoms with E-state index in [-0.39, 0.29) is 30.5 Å². The number of benzene rings is 1. The Kier molecular flexibility index (Phi) is 5.45. The number of carbonyl (C=O) groups is 1. The molecule has 1 atom stereocenters. The van der Waals surface area contributed by atoms with Crippen molar-refractivity contribution < 1.29 is 23.6 Å². The topological polar surface area (TPSA) is 57.2 Å². The van der Waals surface area contributed by atoms with Crippen molar-refractivity contribution >= 4 is 18.7 Å². The Morgan fingerprint density at radius 1 is 1.14 bits per heavy atom. The Balaban J connectivity index is 1.52. The molecule has 2 fully saturated rings. The Hall–Kier alpha value is -1.73. The highest BCUT2D eigenvalue weighted by atomic mass is 16.7. The minimum absolute atomic E-state index is 0.0534. The van der Waals surface area contributed by atoms with E-state index < -0.39 is 5.60 Å². The van der Waals surface area contributed by atoms with Crippen LogP contribution < -0.4 is 10.2 Å². The molecule has 1 aromatic carbocycles. The molecule has 154 valence electrons. The van der Waals surface area contributed by atoms with Crippen LogP contribution in [0, 0.1) is 0 Å². The third kappa shape index (κ3) is 4.46. The number of likely N-dealkylation sites (tertiary alicyclic amines) is 1. The van der Waals surface area contributed by atoms with Crippen molar-refractivity contribution in [3.8, 4) is 5.75 Å². The van der Waals surface area contributed by atoms with Crippen molar-refractivity contribution in [1.82, 2.24) is 4.90 Å². The number of rotatable bonds is 4. The van der Waals surface area contributed by atoms with Crippen molar-refractivity contribution in [2.75, 3.05) is 13.2 Å². The lowest BCUT2D eigenvalue weighted by molar-refractivity contribution is -0.0141. The fourth-order valence-electron chi connectivity index (χ4n) is 3.07. The summed E-state index contributed by atoms with van der Waals surface area (Å²) < 4.78 is 23.5. The van der Waals surface area contributed by atoms with Gasteiger partial charge in [0.25, 0.3) is 0 Å². The highest BCUT2D eigenvalue weighted by Gasteiger charge is 2.51. The normalized spacial score (nSPS) is 23.3. The third-order valence-corrected chi connectivity index (χ3v) is 5.62. The summed E-state index contributed by atoms with van der Waals surface area (Å²) in [6, 6.07) is 7.80. The Morgan fingerprint density at radius 3 is 2.18 bits per heavy atom. The molecule has 0 N–H and O–H groups in total. The number of hydrogen-bond donors (Lipinski definition) is 0. The summed E-state index contributed by atoms with van der Waals surface area (Å²) in [7, 11) is -0.381. The van der Waals surface area contributed by atoms with Gasteiger partial charge in [-0.2, -0.15) is 0 Å². The van der Waals surface area contributed by atoms with Gasteiger partial charge >= 0.3 is 13.2 Å². The first kappa shape index (κ1) is 21.0. The van der Waals surface area contributed by atoms with E-state index in [1.165, 1.54) is 0 Å². The van der Waals surface area contributed by atoms with Crippen LogP contribution in [0.4, 0.5) is 4.79 Å². The second-order valence-electron chi connectivity index (χ2n) is 9.58. The van der Waals surface area contributed by atoms with E-state index in [4.69, 9.17) is 18.8 Å². The number of ether oxygens (including phenoxy) is 2. The first-order valence-electron chi connectivity index (χ1n) is 9.96.